The fourth-order valence-electron chi connectivity index (χ4n) is 2.71. The van der Waals surface area contributed by atoms with Gasteiger partial charge in [0.05, 0.1) is 4.92 Å². The predicted molar refractivity (Wildman–Crippen MR) is 108 cm³/mol. The van der Waals surface area contributed by atoms with E-state index in [-0.39, 0.29) is 29.6 Å². The molecule has 31 heavy (non-hydrogen) atoms. The van der Waals surface area contributed by atoms with E-state index in [9.17, 15) is 14.9 Å². The average Bonchev–Trinajstić information content (AvgIpc) is 3.28. The van der Waals surface area contributed by atoms with Gasteiger partial charge in [-0.05, 0) is 36.4 Å². The van der Waals surface area contributed by atoms with Crippen LogP contribution in [0.15, 0.2) is 83.4 Å². The van der Waals surface area contributed by atoms with Crippen molar-refractivity contribution in [2.45, 2.75) is 6.61 Å². The molecule has 0 saturated heterocycles. The highest BCUT2D eigenvalue weighted by Gasteiger charge is 2.17. The zero-order valence-electron chi connectivity index (χ0n) is 16.0. The molecule has 0 spiro atoms. The Morgan fingerprint density at radius 3 is 2.42 bits per heavy atom. The number of nitrogens with zero attached hydrogens (tertiary/aromatic N) is 3. The molecule has 0 saturated carbocycles. The number of nitro groups is 1. The van der Waals surface area contributed by atoms with Crippen molar-refractivity contribution in [3.8, 4) is 22.9 Å². The molecule has 4 aromatic rings. The SMILES string of the molecule is O=C(OCc1nc(-c2ccc([N+](=O)[O-])cc2)no1)c1ccccc1Oc1ccccc1. The van der Waals surface area contributed by atoms with Crippen molar-refractivity contribution in [3.63, 3.8) is 0 Å². The summed E-state index contributed by atoms with van der Waals surface area (Å²) in [5, 5.41) is 14.6. The van der Waals surface area contributed by atoms with Gasteiger partial charge >= 0.3 is 5.97 Å². The predicted octanol–water partition coefficient (Wildman–Crippen LogP) is 4.79. The first-order valence-electron chi connectivity index (χ1n) is 9.16. The van der Waals surface area contributed by atoms with Crippen LogP contribution in [-0.4, -0.2) is 21.0 Å². The number of non-ortho nitro benzene ring substituents is 1. The molecule has 9 nitrogen and oxygen atoms in total. The molecule has 0 bridgehead atoms. The second-order valence-electron chi connectivity index (χ2n) is 6.30. The Morgan fingerprint density at radius 2 is 1.68 bits per heavy atom. The van der Waals surface area contributed by atoms with E-state index in [1.54, 1.807) is 36.4 Å². The summed E-state index contributed by atoms with van der Waals surface area (Å²) in [6.07, 6.45) is 0. The number of benzene rings is 3. The Balaban J connectivity index is 1.42. The van der Waals surface area contributed by atoms with E-state index in [0.29, 0.717) is 17.1 Å². The maximum Gasteiger partial charge on any atom is 0.342 e. The Kier molecular flexibility index (Phi) is 5.66. The number of aromatic nitrogens is 2. The van der Waals surface area contributed by atoms with Crippen LogP contribution in [0.4, 0.5) is 5.69 Å². The second-order valence-corrected chi connectivity index (χ2v) is 6.30. The summed E-state index contributed by atoms with van der Waals surface area (Å²) in [6, 6.07) is 21.5. The normalized spacial score (nSPS) is 10.5. The van der Waals surface area contributed by atoms with E-state index in [1.807, 2.05) is 18.2 Å². The van der Waals surface area contributed by atoms with E-state index in [1.165, 1.54) is 24.3 Å². The van der Waals surface area contributed by atoms with Crippen LogP contribution in [0.3, 0.4) is 0 Å². The molecule has 1 heterocycles. The van der Waals surface area contributed by atoms with E-state index < -0.39 is 10.9 Å². The van der Waals surface area contributed by atoms with E-state index in [2.05, 4.69) is 10.1 Å². The molecule has 3 aromatic carbocycles. The minimum Gasteiger partial charge on any atom is -0.456 e. The van der Waals surface area contributed by atoms with Gasteiger partial charge in [-0.3, -0.25) is 10.1 Å². The first-order valence-corrected chi connectivity index (χ1v) is 9.16. The molecule has 0 unspecified atom stereocenters. The smallest absolute Gasteiger partial charge is 0.342 e. The standard InChI is InChI=1S/C22H15N3O6/c26-22(18-8-4-5-9-19(18)30-17-6-2-1-3-7-17)29-14-20-23-21(24-31-20)15-10-12-16(13-11-15)25(27)28/h1-13H,14H2. The molecule has 0 fully saturated rings. The monoisotopic (exact) mass is 417 g/mol. The van der Waals surface area contributed by atoms with Gasteiger partial charge in [0, 0.05) is 17.7 Å². The number of para-hydroxylation sites is 2. The van der Waals surface area contributed by atoms with Crippen LogP contribution in [0, 0.1) is 10.1 Å². The maximum atomic E-state index is 12.6. The molecular formula is C22H15N3O6. The van der Waals surface area contributed by atoms with Crippen molar-refractivity contribution >= 4 is 11.7 Å². The van der Waals surface area contributed by atoms with E-state index in [0.717, 1.165) is 0 Å². The third kappa shape index (κ3) is 4.73. The lowest BCUT2D eigenvalue weighted by molar-refractivity contribution is -0.384. The van der Waals surface area contributed by atoms with Crippen molar-refractivity contribution in [2.24, 2.45) is 0 Å². The summed E-state index contributed by atoms with van der Waals surface area (Å²) < 4.78 is 16.2. The average molecular weight is 417 g/mol. The number of ether oxygens (including phenoxy) is 2. The zero-order chi connectivity index (χ0) is 21.6. The fourth-order valence-corrected chi connectivity index (χ4v) is 2.71. The van der Waals surface area contributed by atoms with Crippen LogP contribution in [0.25, 0.3) is 11.4 Å². The highest BCUT2D eigenvalue weighted by atomic mass is 16.6. The topological polar surface area (TPSA) is 118 Å². The van der Waals surface area contributed by atoms with Crippen molar-refractivity contribution < 1.29 is 23.7 Å². The Bertz CT molecular complexity index is 1210. The minimum atomic E-state index is -0.610. The van der Waals surface area contributed by atoms with Crippen LogP contribution < -0.4 is 4.74 Å². The minimum absolute atomic E-state index is 0.0437. The molecule has 0 amide bonds. The van der Waals surface area contributed by atoms with Gasteiger partial charge in [-0.25, -0.2) is 4.79 Å². The molecule has 0 aliphatic rings. The fraction of sp³-hybridized carbons (Fsp3) is 0.0455. The third-order valence-electron chi connectivity index (χ3n) is 4.21. The summed E-state index contributed by atoms with van der Waals surface area (Å²) in [7, 11) is 0. The lowest BCUT2D eigenvalue weighted by Crippen LogP contribution is -2.07. The third-order valence-corrected chi connectivity index (χ3v) is 4.21. The number of carbonyl (C=O) groups excluding carboxylic acids is 1. The quantitative estimate of drug-likeness (QED) is 0.239. The number of nitro benzene ring substituents is 1. The number of carbonyl (C=O) groups is 1. The Morgan fingerprint density at radius 1 is 0.968 bits per heavy atom. The summed E-state index contributed by atoms with van der Waals surface area (Å²) >= 11 is 0. The maximum absolute atomic E-state index is 12.6. The molecular weight excluding hydrogens is 402 g/mol. The zero-order valence-corrected chi connectivity index (χ0v) is 16.0. The Labute approximate surface area is 176 Å². The lowest BCUT2D eigenvalue weighted by Gasteiger charge is -2.10. The summed E-state index contributed by atoms with van der Waals surface area (Å²) in [4.78, 5) is 27.0. The number of rotatable bonds is 7. The van der Waals surface area contributed by atoms with Crippen molar-refractivity contribution in [3.05, 3.63) is 100 Å². The second kappa shape index (κ2) is 8.87. The summed E-state index contributed by atoms with van der Waals surface area (Å²) in [5.74, 6) is 0.654. The van der Waals surface area contributed by atoms with E-state index >= 15 is 0 Å². The largest absolute Gasteiger partial charge is 0.456 e. The van der Waals surface area contributed by atoms with Gasteiger partial charge in [0.1, 0.15) is 17.1 Å². The van der Waals surface area contributed by atoms with Crippen LogP contribution in [-0.2, 0) is 11.3 Å². The van der Waals surface area contributed by atoms with Gasteiger partial charge in [-0.15, -0.1) is 0 Å². The molecule has 0 aliphatic heterocycles. The van der Waals surface area contributed by atoms with Gasteiger partial charge in [-0.2, -0.15) is 4.98 Å². The number of hydrogen-bond acceptors (Lipinski definition) is 8. The molecule has 9 heteroatoms. The molecule has 0 N–H and O–H groups in total. The lowest BCUT2D eigenvalue weighted by atomic mass is 10.2. The van der Waals surface area contributed by atoms with Gasteiger partial charge in [0.2, 0.25) is 5.82 Å². The molecule has 0 aliphatic carbocycles. The van der Waals surface area contributed by atoms with Crippen molar-refractivity contribution in [1.29, 1.82) is 0 Å². The first-order chi connectivity index (χ1) is 15.1. The van der Waals surface area contributed by atoms with Crippen LogP contribution in [0.5, 0.6) is 11.5 Å². The van der Waals surface area contributed by atoms with Crippen LogP contribution >= 0.6 is 0 Å². The molecule has 154 valence electrons. The molecule has 0 atom stereocenters. The summed E-state index contributed by atoms with van der Waals surface area (Å²) in [5.41, 5.74) is 0.743. The van der Waals surface area contributed by atoms with Gasteiger partial charge < -0.3 is 14.0 Å². The van der Waals surface area contributed by atoms with Crippen LogP contribution in [0.2, 0.25) is 0 Å². The first kappa shape index (κ1) is 19.8. The molecule has 0 radical (unpaired) electrons. The molecule has 4 rings (SSSR count). The Hall–Kier alpha value is -4.53. The van der Waals surface area contributed by atoms with E-state index in [4.69, 9.17) is 14.0 Å². The highest BCUT2D eigenvalue weighted by Crippen LogP contribution is 2.26. The van der Waals surface area contributed by atoms with Gasteiger partial charge in [-0.1, -0.05) is 35.5 Å². The number of hydrogen-bond donors (Lipinski definition) is 0. The van der Waals surface area contributed by atoms with Gasteiger partial charge in [0.15, 0.2) is 6.61 Å². The van der Waals surface area contributed by atoms with Crippen molar-refractivity contribution in [2.75, 3.05) is 0 Å². The summed E-state index contributed by atoms with van der Waals surface area (Å²) in [6.45, 7) is -0.238. The van der Waals surface area contributed by atoms with Gasteiger partial charge in [0.25, 0.3) is 11.6 Å². The van der Waals surface area contributed by atoms with Crippen LogP contribution in [0.1, 0.15) is 16.2 Å². The highest BCUT2D eigenvalue weighted by molar-refractivity contribution is 5.92. The molecule has 1 aromatic heterocycles. The van der Waals surface area contributed by atoms with Crippen molar-refractivity contribution in [1.82, 2.24) is 10.1 Å². The number of esters is 1.